The van der Waals surface area contributed by atoms with Crippen molar-refractivity contribution in [1.29, 1.82) is 0 Å². The van der Waals surface area contributed by atoms with E-state index in [9.17, 15) is 4.79 Å². The Morgan fingerprint density at radius 3 is 2.89 bits per heavy atom. The molecule has 1 aliphatic carbocycles. The second-order valence-corrected chi connectivity index (χ2v) is 4.77. The SMILES string of the molecule is NNC(=O)c1cccc(CN(CCO)C2CCC2)n1. The highest BCUT2D eigenvalue weighted by Crippen LogP contribution is 2.25. The summed E-state index contributed by atoms with van der Waals surface area (Å²) in [6.45, 7) is 1.43. The molecule has 0 aromatic carbocycles. The number of hydrazine groups is 1. The number of aliphatic hydroxyl groups excluding tert-OH is 1. The van der Waals surface area contributed by atoms with Crippen molar-refractivity contribution in [3.05, 3.63) is 29.6 Å². The van der Waals surface area contributed by atoms with Gasteiger partial charge >= 0.3 is 0 Å². The standard InChI is InChI=1S/C13H20N4O2/c14-16-13(19)12-6-1-3-10(15-12)9-17(7-8-18)11-4-2-5-11/h1,3,6,11,18H,2,4-5,7-9,14H2,(H,16,19). The maximum absolute atomic E-state index is 11.4. The Kier molecular flexibility index (Phi) is 4.84. The van der Waals surface area contributed by atoms with E-state index < -0.39 is 0 Å². The second kappa shape index (κ2) is 6.60. The molecule has 0 atom stereocenters. The molecule has 6 nitrogen and oxygen atoms in total. The minimum atomic E-state index is -0.390. The van der Waals surface area contributed by atoms with E-state index in [2.05, 4.69) is 15.3 Å². The monoisotopic (exact) mass is 264 g/mol. The number of aliphatic hydroxyl groups is 1. The van der Waals surface area contributed by atoms with Crippen molar-refractivity contribution < 1.29 is 9.90 Å². The molecule has 1 aromatic heterocycles. The van der Waals surface area contributed by atoms with Gasteiger partial charge in [-0.1, -0.05) is 12.5 Å². The number of rotatable bonds is 6. The summed E-state index contributed by atoms with van der Waals surface area (Å²) in [7, 11) is 0. The second-order valence-electron chi connectivity index (χ2n) is 4.77. The summed E-state index contributed by atoms with van der Waals surface area (Å²) in [4.78, 5) is 17.9. The minimum Gasteiger partial charge on any atom is -0.395 e. The summed E-state index contributed by atoms with van der Waals surface area (Å²) < 4.78 is 0. The van der Waals surface area contributed by atoms with Crippen molar-refractivity contribution in [3.63, 3.8) is 0 Å². The first-order valence-corrected chi connectivity index (χ1v) is 6.56. The summed E-state index contributed by atoms with van der Waals surface area (Å²) in [6, 6.07) is 5.84. The number of carbonyl (C=O) groups excluding carboxylic acids is 1. The van der Waals surface area contributed by atoms with Crippen LogP contribution in [0.1, 0.15) is 35.4 Å². The van der Waals surface area contributed by atoms with Crippen LogP contribution in [0.5, 0.6) is 0 Å². The summed E-state index contributed by atoms with van der Waals surface area (Å²) >= 11 is 0. The van der Waals surface area contributed by atoms with Gasteiger partial charge in [-0.25, -0.2) is 10.8 Å². The number of hydrogen-bond acceptors (Lipinski definition) is 5. The third kappa shape index (κ3) is 3.50. The zero-order valence-corrected chi connectivity index (χ0v) is 10.9. The molecule has 1 aromatic rings. The fourth-order valence-electron chi connectivity index (χ4n) is 2.25. The Labute approximate surface area is 112 Å². The number of amides is 1. The first kappa shape index (κ1) is 13.9. The normalized spacial score (nSPS) is 15.3. The highest BCUT2D eigenvalue weighted by Gasteiger charge is 2.24. The molecule has 2 rings (SSSR count). The molecular weight excluding hydrogens is 244 g/mol. The maximum atomic E-state index is 11.4. The Morgan fingerprint density at radius 2 is 2.32 bits per heavy atom. The number of carbonyl (C=O) groups is 1. The van der Waals surface area contributed by atoms with E-state index >= 15 is 0 Å². The average molecular weight is 264 g/mol. The van der Waals surface area contributed by atoms with Gasteiger partial charge in [-0.3, -0.25) is 15.1 Å². The van der Waals surface area contributed by atoms with Crippen LogP contribution in [0, 0.1) is 0 Å². The van der Waals surface area contributed by atoms with E-state index in [0.29, 0.717) is 24.8 Å². The van der Waals surface area contributed by atoms with E-state index in [1.54, 1.807) is 12.1 Å². The fourth-order valence-corrected chi connectivity index (χ4v) is 2.25. The van der Waals surface area contributed by atoms with Gasteiger partial charge < -0.3 is 5.11 Å². The first-order chi connectivity index (χ1) is 9.24. The predicted octanol–water partition coefficient (Wildman–Crippen LogP) is 0.0319. The maximum Gasteiger partial charge on any atom is 0.283 e. The van der Waals surface area contributed by atoms with Crippen LogP contribution in [0.2, 0.25) is 0 Å². The predicted molar refractivity (Wildman–Crippen MR) is 71.0 cm³/mol. The van der Waals surface area contributed by atoms with Gasteiger partial charge in [0.2, 0.25) is 0 Å². The van der Waals surface area contributed by atoms with Crippen molar-refractivity contribution in [2.75, 3.05) is 13.2 Å². The molecule has 4 N–H and O–H groups in total. The summed E-state index contributed by atoms with van der Waals surface area (Å²) in [5, 5.41) is 9.12. The molecule has 1 heterocycles. The van der Waals surface area contributed by atoms with Gasteiger partial charge in [-0.15, -0.1) is 0 Å². The molecule has 0 spiro atoms. The molecule has 1 saturated carbocycles. The lowest BCUT2D eigenvalue weighted by molar-refractivity contribution is 0.0919. The average Bonchev–Trinajstić information content (AvgIpc) is 2.36. The number of nitrogen functional groups attached to an aromatic ring is 1. The lowest BCUT2D eigenvalue weighted by Gasteiger charge is -2.37. The number of nitrogens with zero attached hydrogens (tertiary/aromatic N) is 2. The van der Waals surface area contributed by atoms with E-state index in [4.69, 9.17) is 10.9 Å². The summed E-state index contributed by atoms with van der Waals surface area (Å²) in [6.07, 6.45) is 3.58. The van der Waals surface area contributed by atoms with Crippen molar-refractivity contribution in [2.45, 2.75) is 31.8 Å². The van der Waals surface area contributed by atoms with Gasteiger partial charge in [0.15, 0.2) is 0 Å². The zero-order chi connectivity index (χ0) is 13.7. The molecule has 0 radical (unpaired) electrons. The molecule has 0 bridgehead atoms. The molecule has 6 heteroatoms. The van der Waals surface area contributed by atoms with Crippen LogP contribution in [-0.2, 0) is 6.54 Å². The Morgan fingerprint density at radius 1 is 1.53 bits per heavy atom. The van der Waals surface area contributed by atoms with Gasteiger partial charge in [0.1, 0.15) is 5.69 Å². The van der Waals surface area contributed by atoms with Crippen LogP contribution in [0.25, 0.3) is 0 Å². The smallest absolute Gasteiger partial charge is 0.283 e. The van der Waals surface area contributed by atoms with Gasteiger partial charge in [0, 0.05) is 19.1 Å². The van der Waals surface area contributed by atoms with Gasteiger partial charge in [-0.05, 0) is 25.0 Å². The molecule has 0 aliphatic heterocycles. The number of aromatic nitrogens is 1. The van der Waals surface area contributed by atoms with Crippen LogP contribution in [-0.4, -0.2) is 40.1 Å². The van der Waals surface area contributed by atoms with Crippen LogP contribution >= 0.6 is 0 Å². The summed E-state index contributed by atoms with van der Waals surface area (Å²) in [5.74, 6) is 4.71. The topological polar surface area (TPSA) is 91.5 Å². The van der Waals surface area contributed by atoms with Gasteiger partial charge in [-0.2, -0.15) is 0 Å². The molecule has 1 fully saturated rings. The Balaban J connectivity index is 2.05. The zero-order valence-electron chi connectivity index (χ0n) is 10.9. The summed E-state index contributed by atoms with van der Waals surface area (Å²) in [5.41, 5.74) is 3.21. The van der Waals surface area contributed by atoms with Crippen molar-refractivity contribution in [1.82, 2.24) is 15.3 Å². The number of pyridine rings is 1. The van der Waals surface area contributed by atoms with E-state index in [1.165, 1.54) is 19.3 Å². The third-order valence-corrected chi connectivity index (χ3v) is 3.51. The van der Waals surface area contributed by atoms with Gasteiger partial charge in [0.25, 0.3) is 5.91 Å². The molecule has 19 heavy (non-hydrogen) atoms. The van der Waals surface area contributed by atoms with Crippen LogP contribution in [0.4, 0.5) is 0 Å². The molecule has 1 amide bonds. The highest BCUT2D eigenvalue weighted by molar-refractivity contribution is 5.91. The van der Waals surface area contributed by atoms with Gasteiger partial charge in [0.05, 0.1) is 12.3 Å². The van der Waals surface area contributed by atoms with Crippen molar-refractivity contribution in [3.8, 4) is 0 Å². The molecule has 0 unspecified atom stereocenters. The highest BCUT2D eigenvalue weighted by atomic mass is 16.3. The third-order valence-electron chi connectivity index (χ3n) is 3.51. The fraction of sp³-hybridized carbons (Fsp3) is 0.538. The Hall–Kier alpha value is -1.50. The van der Waals surface area contributed by atoms with E-state index in [1.807, 2.05) is 6.07 Å². The van der Waals surface area contributed by atoms with Crippen LogP contribution < -0.4 is 11.3 Å². The molecule has 1 aliphatic rings. The lowest BCUT2D eigenvalue weighted by Crippen LogP contribution is -2.41. The number of nitrogens with one attached hydrogen (secondary N) is 1. The van der Waals surface area contributed by atoms with E-state index in [-0.39, 0.29) is 12.5 Å². The lowest BCUT2D eigenvalue weighted by atomic mass is 9.91. The van der Waals surface area contributed by atoms with Crippen LogP contribution in [0.3, 0.4) is 0 Å². The first-order valence-electron chi connectivity index (χ1n) is 6.56. The quantitative estimate of drug-likeness (QED) is 0.383. The van der Waals surface area contributed by atoms with Crippen LogP contribution in [0.15, 0.2) is 18.2 Å². The van der Waals surface area contributed by atoms with Crippen molar-refractivity contribution in [2.24, 2.45) is 5.84 Å². The van der Waals surface area contributed by atoms with E-state index in [0.717, 1.165) is 5.69 Å². The largest absolute Gasteiger partial charge is 0.395 e. The van der Waals surface area contributed by atoms with Crippen molar-refractivity contribution >= 4 is 5.91 Å². The Bertz CT molecular complexity index is 434. The number of nitrogens with two attached hydrogens (primary N) is 1. The number of hydrogen-bond donors (Lipinski definition) is 3. The minimum absolute atomic E-state index is 0.138. The molecular formula is C13H20N4O2. The molecule has 0 saturated heterocycles. The molecule has 104 valence electrons.